The van der Waals surface area contributed by atoms with Gasteiger partial charge >= 0.3 is 0 Å². The molecule has 120 valence electrons. The predicted octanol–water partition coefficient (Wildman–Crippen LogP) is 2.97. The van der Waals surface area contributed by atoms with Gasteiger partial charge < -0.3 is 0 Å². The number of ketones is 1. The van der Waals surface area contributed by atoms with Crippen LogP contribution < -0.4 is 0 Å². The van der Waals surface area contributed by atoms with Crippen LogP contribution in [0, 0.1) is 5.82 Å². The Hall–Kier alpha value is -2.31. The fraction of sp³-hybridized carbons (Fsp3) is 0.118. The Balaban J connectivity index is 2.16. The van der Waals surface area contributed by atoms with Crippen molar-refractivity contribution in [2.45, 2.75) is 4.90 Å². The van der Waals surface area contributed by atoms with E-state index in [0.717, 1.165) is 4.31 Å². The fourth-order valence-corrected chi connectivity index (χ4v) is 2.75. The first kappa shape index (κ1) is 17.1. The number of rotatable bonds is 5. The van der Waals surface area contributed by atoms with E-state index in [0.29, 0.717) is 11.1 Å². The number of hydrogen-bond acceptors (Lipinski definition) is 3. The van der Waals surface area contributed by atoms with Crippen LogP contribution in [0.15, 0.2) is 59.5 Å². The van der Waals surface area contributed by atoms with Gasteiger partial charge in [0.25, 0.3) is 0 Å². The van der Waals surface area contributed by atoms with Gasteiger partial charge in [0.05, 0.1) is 4.90 Å². The summed E-state index contributed by atoms with van der Waals surface area (Å²) >= 11 is 0. The highest BCUT2D eigenvalue weighted by Crippen LogP contribution is 2.15. The van der Waals surface area contributed by atoms with Crippen LogP contribution in [0.3, 0.4) is 0 Å². The molecule has 0 spiro atoms. The molecule has 0 aliphatic heterocycles. The van der Waals surface area contributed by atoms with Gasteiger partial charge in [0.15, 0.2) is 5.78 Å². The second-order valence-electron chi connectivity index (χ2n) is 5.06. The Morgan fingerprint density at radius 3 is 2.09 bits per heavy atom. The number of nitrogens with zero attached hydrogens (tertiary/aromatic N) is 1. The molecular weight excluding hydrogens is 317 g/mol. The van der Waals surface area contributed by atoms with E-state index in [1.807, 2.05) is 0 Å². The van der Waals surface area contributed by atoms with Crippen LogP contribution in [-0.2, 0) is 10.0 Å². The van der Waals surface area contributed by atoms with Crippen LogP contribution in [-0.4, -0.2) is 32.6 Å². The molecule has 0 bridgehead atoms. The van der Waals surface area contributed by atoms with E-state index in [-0.39, 0.29) is 16.5 Å². The van der Waals surface area contributed by atoms with Crippen LogP contribution in [0.5, 0.6) is 0 Å². The summed E-state index contributed by atoms with van der Waals surface area (Å²) < 4.78 is 37.8. The third-order valence-electron chi connectivity index (χ3n) is 3.21. The maximum absolute atomic E-state index is 12.8. The molecule has 0 amide bonds. The van der Waals surface area contributed by atoms with Crippen molar-refractivity contribution < 1.29 is 17.6 Å². The number of sulfonamides is 1. The number of benzene rings is 2. The Kier molecular flexibility index (Phi) is 5.08. The van der Waals surface area contributed by atoms with Crippen LogP contribution in [0.1, 0.15) is 15.9 Å². The molecule has 0 heterocycles. The number of allylic oxidation sites excluding steroid dienone is 1. The Morgan fingerprint density at radius 1 is 1.00 bits per heavy atom. The lowest BCUT2D eigenvalue weighted by Crippen LogP contribution is -2.22. The van der Waals surface area contributed by atoms with Gasteiger partial charge in [0, 0.05) is 19.7 Å². The summed E-state index contributed by atoms with van der Waals surface area (Å²) in [4.78, 5) is 12.2. The lowest BCUT2D eigenvalue weighted by atomic mass is 10.1. The molecule has 0 saturated heterocycles. The second kappa shape index (κ2) is 6.85. The zero-order valence-electron chi connectivity index (χ0n) is 12.7. The van der Waals surface area contributed by atoms with E-state index in [1.54, 1.807) is 18.2 Å². The summed E-state index contributed by atoms with van der Waals surface area (Å²) in [6.07, 6.45) is 2.94. The maximum Gasteiger partial charge on any atom is 0.242 e. The van der Waals surface area contributed by atoms with E-state index in [1.165, 1.54) is 56.6 Å². The van der Waals surface area contributed by atoms with Crippen molar-refractivity contribution in [3.63, 3.8) is 0 Å². The molecule has 0 saturated carbocycles. The van der Waals surface area contributed by atoms with E-state index in [4.69, 9.17) is 0 Å². The normalized spacial score (nSPS) is 12.0. The Morgan fingerprint density at radius 2 is 1.57 bits per heavy atom. The van der Waals surface area contributed by atoms with Gasteiger partial charge in [0.1, 0.15) is 5.82 Å². The van der Waals surface area contributed by atoms with E-state index < -0.39 is 10.0 Å². The molecule has 0 radical (unpaired) electrons. The third kappa shape index (κ3) is 4.12. The lowest BCUT2D eigenvalue weighted by Gasteiger charge is -2.11. The van der Waals surface area contributed by atoms with E-state index in [9.17, 15) is 17.6 Å². The highest BCUT2D eigenvalue weighted by atomic mass is 32.2. The molecule has 0 aromatic heterocycles. The van der Waals surface area contributed by atoms with Gasteiger partial charge in [-0.2, -0.15) is 0 Å². The molecule has 23 heavy (non-hydrogen) atoms. The minimum atomic E-state index is -3.51. The maximum atomic E-state index is 12.8. The summed E-state index contributed by atoms with van der Waals surface area (Å²) in [5.41, 5.74) is 1.08. The molecular formula is C17H16FNO3S. The van der Waals surface area contributed by atoms with Crippen molar-refractivity contribution >= 4 is 21.9 Å². The summed E-state index contributed by atoms with van der Waals surface area (Å²) in [6, 6.07) is 11.5. The van der Waals surface area contributed by atoms with Crippen molar-refractivity contribution in [3.8, 4) is 0 Å². The molecule has 0 aliphatic carbocycles. The predicted molar refractivity (Wildman–Crippen MR) is 87.1 cm³/mol. The molecule has 4 nitrogen and oxygen atoms in total. The molecule has 2 aromatic rings. The first-order valence-corrected chi connectivity index (χ1v) is 8.25. The first-order valence-electron chi connectivity index (χ1n) is 6.81. The van der Waals surface area contributed by atoms with Crippen molar-refractivity contribution in [3.05, 3.63) is 71.6 Å². The molecule has 2 aromatic carbocycles. The largest absolute Gasteiger partial charge is 0.289 e. The van der Waals surface area contributed by atoms with Crippen molar-refractivity contribution in [2.24, 2.45) is 0 Å². The average Bonchev–Trinajstić information content (AvgIpc) is 2.54. The molecule has 0 aliphatic rings. The zero-order chi connectivity index (χ0) is 17.0. The highest BCUT2D eigenvalue weighted by Gasteiger charge is 2.17. The van der Waals surface area contributed by atoms with Crippen molar-refractivity contribution in [1.82, 2.24) is 4.31 Å². The molecule has 2 rings (SSSR count). The third-order valence-corrected chi connectivity index (χ3v) is 5.04. The zero-order valence-corrected chi connectivity index (χ0v) is 13.5. The van der Waals surface area contributed by atoms with Crippen LogP contribution in [0.25, 0.3) is 6.08 Å². The summed E-state index contributed by atoms with van der Waals surface area (Å²) in [6.45, 7) is 0. The molecule has 0 N–H and O–H groups in total. The van der Waals surface area contributed by atoms with Gasteiger partial charge in [-0.3, -0.25) is 4.79 Å². The average molecular weight is 333 g/mol. The fourth-order valence-electron chi connectivity index (χ4n) is 1.84. The summed E-state index contributed by atoms with van der Waals surface area (Å²) in [5, 5.41) is 0. The smallest absolute Gasteiger partial charge is 0.242 e. The number of carbonyl (C=O) groups excluding carboxylic acids is 1. The molecule has 0 fully saturated rings. The Labute approximate surface area is 134 Å². The SMILES string of the molecule is CN(C)S(=O)(=O)c1ccc(C(=O)/C=C/c2ccc(F)cc2)cc1. The van der Waals surface area contributed by atoms with Crippen molar-refractivity contribution in [2.75, 3.05) is 14.1 Å². The first-order chi connectivity index (χ1) is 10.8. The lowest BCUT2D eigenvalue weighted by molar-refractivity contribution is 0.104. The number of halogens is 1. The summed E-state index contributed by atoms with van der Waals surface area (Å²) in [7, 11) is -0.622. The van der Waals surface area contributed by atoms with Gasteiger partial charge in [0.2, 0.25) is 10.0 Å². The summed E-state index contributed by atoms with van der Waals surface area (Å²) in [5.74, 6) is -0.603. The quantitative estimate of drug-likeness (QED) is 0.624. The number of carbonyl (C=O) groups is 1. The van der Waals surface area contributed by atoms with Crippen LogP contribution >= 0.6 is 0 Å². The van der Waals surface area contributed by atoms with Gasteiger partial charge in [-0.15, -0.1) is 0 Å². The van der Waals surface area contributed by atoms with Crippen molar-refractivity contribution in [1.29, 1.82) is 0 Å². The van der Waals surface area contributed by atoms with E-state index >= 15 is 0 Å². The standard InChI is InChI=1S/C17H16FNO3S/c1-19(2)23(21,22)16-10-6-14(7-11-16)17(20)12-5-13-3-8-15(18)9-4-13/h3-12H,1-2H3/b12-5+. The monoisotopic (exact) mass is 333 g/mol. The Bertz CT molecular complexity index is 823. The molecule has 0 atom stereocenters. The minimum absolute atomic E-state index is 0.126. The second-order valence-corrected chi connectivity index (χ2v) is 7.21. The van der Waals surface area contributed by atoms with E-state index in [2.05, 4.69) is 0 Å². The van der Waals surface area contributed by atoms with Crippen LogP contribution in [0.4, 0.5) is 4.39 Å². The number of hydrogen-bond donors (Lipinski definition) is 0. The molecule has 6 heteroatoms. The van der Waals surface area contributed by atoms with Gasteiger partial charge in [-0.05, 0) is 48.0 Å². The van der Waals surface area contributed by atoms with Crippen LogP contribution in [0.2, 0.25) is 0 Å². The van der Waals surface area contributed by atoms with Gasteiger partial charge in [-0.1, -0.05) is 18.2 Å². The van der Waals surface area contributed by atoms with Gasteiger partial charge in [-0.25, -0.2) is 17.1 Å². The highest BCUT2D eigenvalue weighted by molar-refractivity contribution is 7.89. The minimum Gasteiger partial charge on any atom is -0.289 e. The topological polar surface area (TPSA) is 54.5 Å². The molecule has 0 unspecified atom stereocenters.